The van der Waals surface area contributed by atoms with E-state index in [2.05, 4.69) is 60.7 Å². The summed E-state index contributed by atoms with van der Waals surface area (Å²) in [4.78, 5) is 0. The van der Waals surface area contributed by atoms with E-state index in [4.69, 9.17) is 0 Å². The number of thiophene rings is 1. The molecular formula is C16H9S. The third kappa shape index (κ3) is 1.23. The van der Waals surface area contributed by atoms with Gasteiger partial charge in [0, 0.05) is 26.2 Å². The maximum absolute atomic E-state index is 3.40. The molecule has 1 radical (unpaired) electrons. The first-order valence-corrected chi connectivity index (χ1v) is 6.46. The molecule has 1 aromatic heterocycles. The first-order chi connectivity index (χ1) is 8.43. The minimum Gasteiger partial charge on any atom is -0.135 e. The standard InChI is InChI=1S/C16H9S/c1-2-6-12-11(5-1)9-10-15-16(12)13-7-3-4-8-14(13)17-15/h1-9H. The Bertz CT molecular complexity index is 834. The number of rotatable bonds is 0. The molecule has 17 heavy (non-hydrogen) atoms. The molecule has 0 aliphatic heterocycles. The molecular weight excluding hydrogens is 224 g/mol. The Morgan fingerprint density at radius 3 is 2.53 bits per heavy atom. The highest BCUT2D eigenvalue weighted by Gasteiger charge is 2.07. The summed E-state index contributed by atoms with van der Waals surface area (Å²) in [7, 11) is 0. The first kappa shape index (κ1) is 9.20. The van der Waals surface area contributed by atoms with Crippen LogP contribution >= 0.6 is 11.3 Å². The summed E-state index contributed by atoms with van der Waals surface area (Å²) >= 11 is 1.82. The number of fused-ring (bicyclic) bond motifs is 5. The molecule has 0 aliphatic rings. The van der Waals surface area contributed by atoms with Crippen LogP contribution in [0.3, 0.4) is 0 Å². The second-order valence-electron chi connectivity index (χ2n) is 4.18. The number of benzene rings is 3. The molecule has 0 fully saturated rings. The van der Waals surface area contributed by atoms with Gasteiger partial charge in [-0.25, -0.2) is 0 Å². The van der Waals surface area contributed by atoms with Crippen LogP contribution in [0.25, 0.3) is 30.9 Å². The van der Waals surface area contributed by atoms with Crippen LogP contribution < -0.4 is 0 Å². The van der Waals surface area contributed by atoms with E-state index >= 15 is 0 Å². The topological polar surface area (TPSA) is 0 Å². The summed E-state index contributed by atoms with van der Waals surface area (Å²) in [5.41, 5.74) is 0. The van der Waals surface area contributed by atoms with Gasteiger partial charge in [-0.15, -0.1) is 11.3 Å². The van der Waals surface area contributed by atoms with Gasteiger partial charge >= 0.3 is 0 Å². The van der Waals surface area contributed by atoms with Crippen LogP contribution in [0, 0.1) is 6.07 Å². The van der Waals surface area contributed by atoms with Crippen molar-refractivity contribution in [1.29, 1.82) is 0 Å². The van der Waals surface area contributed by atoms with Crippen molar-refractivity contribution in [3.05, 3.63) is 60.7 Å². The highest BCUT2D eigenvalue weighted by Crippen LogP contribution is 2.37. The Morgan fingerprint density at radius 2 is 1.59 bits per heavy atom. The molecule has 0 amide bonds. The van der Waals surface area contributed by atoms with E-state index in [0.29, 0.717) is 0 Å². The fraction of sp³-hybridized carbons (Fsp3) is 0. The van der Waals surface area contributed by atoms with E-state index in [0.717, 1.165) is 0 Å². The molecule has 1 heterocycles. The van der Waals surface area contributed by atoms with Crippen LogP contribution in [0.1, 0.15) is 0 Å². The Morgan fingerprint density at radius 1 is 0.824 bits per heavy atom. The van der Waals surface area contributed by atoms with Gasteiger partial charge in [0.15, 0.2) is 0 Å². The predicted molar refractivity (Wildman–Crippen MR) is 75.7 cm³/mol. The summed E-state index contributed by atoms with van der Waals surface area (Å²) < 4.78 is 2.60. The maximum atomic E-state index is 3.40. The van der Waals surface area contributed by atoms with Gasteiger partial charge in [-0.3, -0.25) is 0 Å². The normalized spacial score (nSPS) is 11.5. The van der Waals surface area contributed by atoms with Crippen LogP contribution in [0.4, 0.5) is 0 Å². The molecule has 79 valence electrons. The second kappa shape index (κ2) is 3.31. The fourth-order valence-corrected chi connectivity index (χ4v) is 3.49. The van der Waals surface area contributed by atoms with Gasteiger partial charge in [-0.05, 0) is 22.9 Å². The largest absolute Gasteiger partial charge is 0.135 e. The summed E-state index contributed by atoms with van der Waals surface area (Å²) in [6.07, 6.45) is 0. The molecule has 0 bridgehead atoms. The summed E-state index contributed by atoms with van der Waals surface area (Å²) in [5, 5.41) is 5.30. The van der Waals surface area contributed by atoms with Gasteiger partial charge in [0.25, 0.3) is 0 Å². The van der Waals surface area contributed by atoms with Gasteiger partial charge in [0.2, 0.25) is 0 Å². The molecule has 0 N–H and O–H groups in total. The highest BCUT2D eigenvalue weighted by atomic mass is 32.1. The van der Waals surface area contributed by atoms with E-state index in [1.54, 1.807) is 0 Å². The van der Waals surface area contributed by atoms with Gasteiger partial charge in [0.05, 0.1) is 0 Å². The lowest BCUT2D eigenvalue weighted by molar-refractivity contribution is 1.81. The van der Waals surface area contributed by atoms with E-state index in [1.807, 2.05) is 11.3 Å². The third-order valence-corrected chi connectivity index (χ3v) is 4.29. The Hall–Kier alpha value is -1.86. The zero-order valence-corrected chi connectivity index (χ0v) is 9.92. The molecule has 4 rings (SSSR count). The van der Waals surface area contributed by atoms with Crippen LogP contribution in [0.5, 0.6) is 0 Å². The SMILES string of the molecule is [c]1cc2ccccc2c2c1sc1ccccc12. The lowest BCUT2D eigenvalue weighted by Crippen LogP contribution is -1.73. The highest BCUT2D eigenvalue weighted by molar-refractivity contribution is 7.26. The Balaban J connectivity index is 2.38. The van der Waals surface area contributed by atoms with Gasteiger partial charge in [-0.2, -0.15) is 0 Å². The van der Waals surface area contributed by atoms with E-state index in [-0.39, 0.29) is 0 Å². The third-order valence-electron chi connectivity index (χ3n) is 3.18. The van der Waals surface area contributed by atoms with Crippen molar-refractivity contribution in [2.45, 2.75) is 0 Å². The average molecular weight is 233 g/mol. The first-order valence-electron chi connectivity index (χ1n) is 5.64. The van der Waals surface area contributed by atoms with Crippen molar-refractivity contribution in [1.82, 2.24) is 0 Å². The minimum absolute atomic E-state index is 1.25. The molecule has 0 spiro atoms. The Kier molecular flexibility index (Phi) is 1.79. The maximum Gasteiger partial charge on any atom is 0.0440 e. The molecule has 4 aromatic rings. The van der Waals surface area contributed by atoms with Gasteiger partial charge in [-0.1, -0.05) is 42.5 Å². The van der Waals surface area contributed by atoms with E-state index in [9.17, 15) is 0 Å². The molecule has 0 saturated carbocycles. The fourth-order valence-electron chi connectivity index (χ4n) is 2.41. The quantitative estimate of drug-likeness (QED) is 0.400. The zero-order chi connectivity index (χ0) is 11.2. The average Bonchev–Trinajstić information content (AvgIpc) is 2.77. The molecule has 3 aromatic carbocycles. The predicted octanol–water partition coefficient (Wildman–Crippen LogP) is 5.01. The second-order valence-corrected chi connectivity index (χ2v) is 5.23. The van der Waals surface area contributed by atoms with Crippen molar-refractivity contribution in [2.24, 2.45) is 0 Å². The molecule has 1 heteroatoms. The summed E-state index contributed by atoms with van der Waals surface area (Å²) in [6.45, 7) is 0. The van der Waals surface area contributed by atoms with Crippen LogP contribution in [0.2, 0.25) is 0 Å². The van der Waals surface area contributed by atoms with Gasteiger partial charge < -0.3 is 0 Å². The van der Waals surface area contributed by atoms with Crippen molar-refractivity contribution in [2.75, 3.05) is 0 Å². The molecule has 0 nitrogen and oxygen atoms in total. The number of hydrogen-bond acceptors (Lipinski definition) is 1. The van der Waals surface area contributed by atoms with Crippen molar-refractivity contribution in [3.8, 4) is 0 Å². The Labute approximate surface area is 103 Å². The summed E-state index contributed by atoms with van der Waals surface area (Å²) in [5.74, 6) is 0. The van der Waals surface area contributed by atoms with Crippen LogP contribution in [-0.2, 0) is 0 Å². The van der Waals surface area contributed by atoms with Crippen molar-refractivity contribution < 1.29 is 0 Å². The smallest absolute Gasteiger partial charge is 0.0440 e. The molecule has 0 aliphatic carbocycles. The molecule has 0 atom stereocenters. The van der Waals surface area contributed by atoms with E-state index in [1.165, 1.54) is 30.9 Å². The molecule has 0 unspecified atom stereocenters. The monoisotopic (exact) mass is 233 g/mol. The van der Waals surface area contributed by atoms with Crippen molar-refractivity contribution >= 4 is 42.3 Å². The summed E-state index contributed by atoms with van der Waals surface area (Å²) in [6, 6.07) is 22.6. The molecule has 0 saturated heterocycles. The van der Waals surface area contributed by atoms with Crippen LogP contribution in [0.15, 0.2) is 54.6 Å². The van der Waals surface area contributed by atoms with Crippen LogP contribution in [-0.4, -0.2) is 0 Å². The lowest BCUT2D eigenvalue weighted by Gasteiger charge is -1.99. The minimum atomic E-state index is 1.25. The zero-order valence-electron chi connectivity index (χ0n) is 9.10. The van der Waals surface area contributed by atoms with Gasteiger partial charge in [0.1, 0.15) is 0 Å². The lowest BCUT2D eigenvalue weighted by atomic mass is 10.0. The van der Waals surface area contributed by atoms with E-state index < -0.39 is 0 Å². The number of hydrogen-bond donors (Lipinski definition) is 0. The van der Waals surface area contributed by atoms with Crippen molar-refractivity contribution in [3.63, 3.8) is 0 Å².